The average Bonchev–Trinajstić information content (AvgIpc) is 2.62. The highest BCUT2D eigenvalue weighted by Crippen LogP contribution is 2.16. The number of para-hydroxylation sites is 1. The number of hydrogen-bond donors (Lipinski definition) is 0. The standard InChI is InChI=1S/C20H25FN2/c21-19-11-9-18(10-12-19)6-4-5-13-22-14-16-23(17-15-22)20-7-2-1-3-8-20/h1-3,7-12H,4-6,13-17H2. The molecule has 0 aliphatic carbocycles. The van der Waals surface area contributed by atoms with Gasteiger partial charge in [0, 0.05) is 31.9 Å². The Labute approximate surface area is 138 Å². The molecule has 0 bridgehead atoms. The molecule has 0 atom stereocenters. The zero-order chi connectivity index (χ0) is 15.9. The van der Waals surface area contributed by atoms with Crippen LogP contribution < -0.4 is 4.90 Å². The van der Waals surface area contributed by atoms with Crippen LogP contribution >= 0.6 is 0 Å². The maximum absolute atomic E-state index is 12.9. The quantitative estimate of drug-likeness (QED) is 0.745. The summed E-state index contributed by atoms with van der Waals surface area (Å²) in [5, 5.41) is 0. The summed E-state index contributed by atoms with van der Waals surface area (Å²) in [5.41, 5.74) is 2.57. The molecule has 0 amide bonds. The Balaban J connectivity index is 1.34. The van der Waals surface area contributed by atoms with Crippen LogP contribution in [-0.4, -0.2) is 37.6 Å². The first kappa shape index (κ1) is 16.0. The summed E-state index contributed by atoms with van der Waals surface area (Å²) in [6.45, 7) is 5.69. The summed E-state index contributed by atoms with van der Waals surface area (Å²) < 4.78 is 12.9. The lowest BCUT2D eigenvalue weighted by Gasteiger charge is -2.36. The van der Waals surface area contributed by atoms with Crippen LogP contribution in [0.15, 0.2) is 54.6 Å². The number of unbranched alkanes of at least 4 members (excludes halogenated alkanes) is 1. The van der Waals surface area contributed by atoms with E-state index in [1.54, 1.807) is 12.1 Å². The molecule has 2 aromatic rings. The van der Waals surface area contributed by atoms with Crippen LogP contribution in [0.1, 0.15) is 18.4 Å². The Morgan fingerprint density at radius 2 is 1.48 bits per heavy atom. The smallest absolute Gasteiger partial charge is 0.123 e. The molecule has 0 spiro atoms. The second-order valence-electron chi connectivity index (χ2n) is 6.25. The summed E-state index contributed by atoms with van der Waals surface area (Å²) in [6, 6.07) is 17.6. The van der Waals surface area contributed by atoms with Gasteiger partial charge in [0.25, 0.3) is 0 Å². The van der Waals surface area contributed by atoms with E-state index in [0.29, 0.717) is 0 Å². The molecule has 1 aliphatic heterocycles. The zero-order valence-electron chi connectivity index (χ0n) is 13.6. The number of anilines is 1. The number of hydrogen-bond acceptors (Lipinski definition) is 2. The summed E-state index contributed by atoms with van der Waals surface area (Å²) in [5.74, 6) is -0.148. The predicted molar refractivity (Wildman–Crippen MR) is 94.4 cm³/mol. The fourth-order valence-corrected chi connectivity index (χ4v) is 3.18. The van der Waals surface area contributed by atoms with Gasteiger partial charge in [-0.1, -0.05) is 30.3 Å². The molecule has 1 heterocycles. The van der Waals surface area contributed by atoms with Gasteiger partial charge in [-0.3, -0.25) is 4.90 Å². The molecule has 0 unspecified atom stereocenters. The van der Waals surface area contributed by atoms with Crippen molar-refractivity contribution in [1.29, 1.82) is 0 Å². The average molecular weight is 312 g/mol. The van der Waals surface area contributed by atoms with E-state index in [1.807, 2.05) is 12.1 Å². The first-order chi connectivity index (χ1) is 11.3. The van der Waals surface area contributed by atoms with Crippen molar-refractivity contribution in [3.63, 3.8) is 0 Å². The van der Waals surface area contributed by atoms with E-state index in [2.05, 4.69) is 40.1 Å². The van der Waals surface area contributed by atoms with Gasteiger partial charge < -0.3 is 4.90 Å². The maximum Gasteiger partial charge on any atom is 0.123 e. The summed E-state index contributed by atoms with van der Waals surface area (Å²) in [7, 11) is 0. The Kier molecular flexibility index (Phi) is 5.65. The predicted octanol–water partition coefficient (Wildman–Crippen LogP) is 3.97. The molecule has 2 aromatic carbocycles. The molecular formula is C20H25FN2. The van der Waals surface area contributed by atoms with Crippen molar-refractivity contribution in [2.75, 3.05) is 37.6 Å². The van der Waals surface area contributed by atoms with Crippen molar-refractivity contribution < 1.29 is 4.39 Å². The molecule has 23 heavy (non-hydrogen) atoms. The van der Waals surface area contributed by atoms with Crippen LogP contribution in [0, 0.1) is 5.82 Å². The Hall–Kier alpha value is -1.87. The fourth-order valence-electron chi connectivity index (χ4n) is 3.18. The first-order valence-corrected chi connectivity index (χ1v) is 8.58. The molecule has 1 saturated heterocycles. The van der Waals surface area contributed by atoms with Crippen molar-refractivity contribution in [3.05, 3.63) is 66.0 Å². The van der Waals surface area contributed by atoms with Crippen LogP contribution in [0.2, 0.25) is 0 Å². The lowest BCUT2D eigenvalue weighted by molar-refractivity contribution is 0.253. The van der Waals surface area contributed by atoms with Crippen molar-refractivity contribution in [2.24, 2.45) is 0 Å². The van der Waals surface area contributed by atoms with Gasteiger partial charge in [0.2, 0.25) is 0 Å². The lowest BCUT2D eigenvalue weighted by Crippen LogP contribution is -2.46. The van der Waals surface area contributed by atoms with E-state index in [4.69, 9.17) is 0 Å². The van der Waals surface area contributed by atoms with E-state index < -0.39 is 0 Å². The number of halogens is 1. The highest BCUT2D eigenvalue weighted by molar-refractivity contribution is 5.46. The summed E-state index contributed by atoms with van der Waals surface area (Å²) >= 11 is 0. The minimum atomic E-state index is -0.148. The Morgan fingerprint density at radius 3 is 2.17 bits per heavy atom. The number of rotatable bonds is 6. The Bertz CT molecular complexity index is 574. The molecule has 0 radical (unpaired) electrons. The minimum Gasteiger partial charge on any atom is -0.369 e. The van der Waals surface area contributed by atoms with E-state index in [-0.39, 0.29) is 5.82 Å². The van der Waals surface area contributed by atoms with Crippen molar-refractivity contribution in [1.82, 2.24) is 4.90 Å². The maximum atomic E-state index is 12.9. The highest BCUT2D eigenvalue weighted by Gasteiger charge is 2.16. The summed E-state index contributed by atoms with van der Waals surface area (Å²) in [4.78, 5) is 5.03. The second-order valence-corrected chi connectivity index (χ2v) is 6.25. The van der Waals surface area contributed by atoms with Crippen LogP contribution in [0.3, 0.4) is 0 Å². The molecule has 0 saturated carbocycles. The second kappa shape index (κ2) is 8.11. The van der Waals surface area contributed by atoms with E-state index >= 15 is 0 Å². The molecule has 2 nitrogen and oxygen atoms in total. The van der Waals surface area contributed by atoms with Crippen LogP contribution in [-0.2, 0) is 6.42 Å². The summed E-state index contributed by atoms with van der Waals surface area (Å²) in [6.07, 6.45) is 3.43. The van der Waals surface area contributed by atoms with Gasteiger partial charge in [-0.15, -0.1) is 0 Å². The van der Waals surface area contributed by atoms with Crippen molar-refractivity contribution in [3.8, 4) is 0 Å². The van der Waals surface area contributed by atoms with Gasteiger partial charge in [0.1, 0.15) is 5.82 Å². The number of nitrogens with zero attached hydrogens (tertiary/aromatic N) is 2. The molecule has 122 valence electrons. The fraction of sp³-hybridized carbons (Fsp3) is 0.400. The third-order valence-electron chi connectivity index (χ3n) is 4.60. The van der Waals surface area contributed by atoms with Gasteiger partial charge in [0.15, 0.2) is 0 Å². The third-order valence-corrected chi connectivity index (χ3v) is 4.60. The van der Waals surface area contributed by atoms with Gasteiger partial charge in [-0.2, -0.15) is 0 Å². The molecule has 0 N–H and O–H groups in total. The van der Waals surface area contributed by atoms with Crippen molar-refractivity contribution in [2.45, 2.75) is 19.3 Å². The zero-order valence-corrected chi connectivity index (χ0v) is 13.6. The molecule has 0 aromatic heterocycles. The SMILES string of the molecule is Fc1ccc(CCCCN2CCN(c3ccccc3)CC2)cc1. The van der Waals surface area contributed by atoms with Gasteiger partial charge >= 0.3 is 0 Å². The normalized spacial score (nSPS) is 15.8. The molecular weight excluding hydrogens is 287 g/mol. The highest BCUT2D eigenvalue weighted by atomic mass is 19.1. The molecule has 3 heteroatoms. The van der Waals surface area contributed by atoms with Crippen molar-refractivity contribution >= 4 is 5.69 Å². The number of piperazine rings is 1. The van der Waals surface area contributed by atoms with Crippen LogP contribution in [0.4, 0.5) is 10.1 Å². The van der Waals surface area contributed by atoms with Crippen LogP contribution in [0.25, 0.3) is 0 Å². The number of aryl methyl sites for hydroxylation is 1. The minimum absolute atomic E-state index is 0.148. The van der Waals surface area contributed by atoms with E-state index in [0.717, 1.165) is 32.6 Å². The topological polar surface area (TPSA) is 6.48 Å². The monoisotopic (exact) mass is 312 g/mol. The molecule has 3 rings (SSSR count). The van der Waals surface area contributed by atoms with E-state index in [9.17, 15) is 4.39 Å². The molecule has 1 aliphatic rings. The molecule has 1 fully saturated rings. The van der Waals surface area contributed by atoms with Gasteiger partial charge in [-0.05, 0) is 55.6 Å². The van der Waals surface area contributed by atoms with Gasteiger partial charge in [-0.25, -0.2) is 4.39 Å². The number of benzene rings is 2. The lowest BCUT2D eigenvalue weighted by atomic mass is 10.1. The third kappa shape index (κ3) is 4.80. The van der Waals surface area contributed by atoms with Crippen LogP contribution in [0.5, 0.6) is 0 Å². The van der Waals surface area contributed by atoms with Gasteiger partial charge in [0.05, 0.1) is 0 Å². The first-order valence-electron chi connectivity index (χ1n) is 8.58. The largest absolute Gasteiger partial charge is 0.369 e. The Morgan fingerprint density at radius 1 is 0.783 bits per heavy atom. The van der Waals surface area contributed by atoms with E-state index in [1.165, 1.54) is 30.6 Å².